The number of aliphatic hydroxyl groups is 1. The lowest BCUT2D eigenvalue weighted by atomic mass is 9.95. The van der Waals surface area contributed by atoms with Crippen molar-refractivity contribution >= 4 is 17.4 Å². The lowest BCUT2D eigenvalue weighted by Gasteiger charge is -2.25. The van der Waals surface area contributed by atoms with E-state index in [0.717, 1.165) is 5.56 Å². The third-order valence-corrected chi connectivity index (χ3v) is 5.25. The number of methoxy groups -OCH3 is 1. The SMILES string of the molecule is CCCN1C(=O)C(=O)/C(=C(\O)c2ccc3c(c2)OCCO3)C1c1ccc(OC)cc1. The summed E-state index contributed by atoms with van der Waals surface area (Å²) in [6, 6.07) is 11.4. The first kappa shape index (κ1) is 19.8. The Morgan fingerprint density at radius 1 is 1.10 bits per heavy atom. The van der Waals surface area contributed by atoms with Gasteiger partial charge in [-0.15, -0.1) is 0 Å². The smallest absolute Gasteiger partial charge is 0.295 e. The van der Waals surface area contributed by atoms with Crippen molar-refractivity contribution in [2.24, 2.45) is 0 Å². The Morgan fingerprint density at radius 2 is 1.80 bits per heavy atom. The zero-order chi connectivity index (χ0) is 21.3. The van der Waals surface area contributed by atoms with Crippen molar-refractivity contribution in [3.63, 3.8) is 0 Å². The van der Waals surface area contributed by atoms with Gasteiger partial charge in [0.2, 0.25) is 0 Å². The molecule has 2 aliphatic rings. The molecule has 0 bridgehead atoms. The van der Waals surface area contributed by atoms with E-state index < -0.39 is 17.7 Å². The van der Waals surface area contributed by atoms with E-state index in [2.05, 4.69) is 0 Å². The Balaban J connectivity index is 1.83. The van der Waals surface area contributed by atoms with Crippen LogP contribution in [0.25, 0.3) is 5.76 Å². The van der Waals surface area contributed by atoms with Gasteiger partial charge in [0.15, 0.2) is 11.5 Å². The number of likely N-dealkylation sites (tertiary alicyclic amines) is 1. The highest BCUT2D eigenvalue weighted by molar-refractivity contribution is 6.46. The molecule has 0 radical (unpaired) electrons. The summed E-state index contributed by atoms with van der Waals surface area (Å²) in [6.07, 6.45) is 0.684. The number of nitrogens with zero attached hydrogens (tertiary/aromatic N) is 1. The second-order valence-electron chi connectivity index (χ2n) is 7.12. The highest BCUT2D eigenvalue weighted by atomic mass is 16.6. The summed E-state index contributed by atoms with van der Waals surface area (Å²) in [5, 5.41) is 11.1. The van der Waals surface area contributed by atoms with E-state index in [4.69, 9.17) is 14.2 Å². The first-order valence-corrected chi connectivity index (χ1v) is 9.87. The molecule has 30 heavy (non-hydrogen) atoms. The maximum absolute atomic E-state index is 12.9. The molecule has 1 unspecified atom stereocenters. The highest BCUT2D eigenvalue weighted by Crippen LogP contribution is 2.41. The minimum Gasteiger partial charge on any atom is -0.507 e. The van der Waals surface area contributed by atoms with Crippen molar-refractivity contribution in [3.8, 4) is 17.2 Å². The van der Waals surface area contributed by atoms with Crippen molar-refractivity contribution in [2.75, 3.05) is 26.9 Å². The quantitative estimate of drug-likeness (QED) is 0.463. The number of fused-ring (bicyclic) bond motifs is 1. The van der Waals surface area contributed by atoms with Gasteiger partial charge in [-0.05, 0) is 42.3 Å². The molecule has 7 heteroatoms. The van der Waals surface area contributed by atoms with Crippen LogP contribution >= 0.6 is 0 Å². The predicted molar refractivity (Wildman–Crippen MR) is 110 cm³/mol. The van der Waals surface area contributed by atoms with E-state index in [0.29, 0.717) is 49.0 Å². The molecule has 2 aliphatic heterocycles. The second kappa shape index (κ2) is 8.10. The van der Waals surface area contributed by atoms with Gasteiger partial charge in [-0.25, -0.2) is 0 Å². The number of benzene rings is 2. The fraction of sp³-hybridized carbons (Fsp3) is 0.304. The standard InChI is InChI=1S/C23H23NO6/c1-3-10-24-20(14-4-7-16(28-2)8-5-14)19(22(26)23(24)27)21(25)15-6-9-17-18(13-15)30-12-11-29-17/h4-9,13,20,25H,3,10-12H2,1-2H3/b21-19-. The molecule has 1 fully saturated rings. The van der Waals surface area contributed by atoms with E-state index in [1.807, 2.05) is 6.92 Å². The van der Waals surface area contributed by atoms with Crippen LogP contribution in [0.1, 0.15) is 30.5 Å². The monoisotopic (exact) mass is 409 g/mol. The first-order chi connectivity index (χ1) is 14.5. The molecule has 2 aromatic rings. The summed E-state index contributed by atoms with van der Waals surface area (Å²) in [6.45, 7) is 3.20. The van der Waals surface area contributed by atoms with Gasteiger partial charge in [-0.3, -0.25) is 9.59 Å². The first-order valence-electron chi connectivity index (χ1n) is 9.87. The molecule has 0 saturated carbocycles. The zero-order valence-corrected chi connectivity index (χ0v) is 16.9. The van der Waals surface area contributed by atoms with Gasteiger partial charge >= 0.3 is 0 Å². The molecule has 1 saturated heterocycles. The Bertz CT molecular complexity index is 1010. The summed E-state index contributed by atoms with van der Waals surface area (Å²) in [5.74, 6) is 0.196. The molecule has 2 aromatic carbocycles. The van der Waals surface area contributed by atoms with Crippen LogP contribution in [0, 0.1) is 0 Å². The number of ketones is 1. The molecule has 0 aliphatic carbocycles. The third-order valence-electron chi connectivity index (χ3n) is 5.25. The number of hydrogen-bond acceptors (Lipinski definition) is 6. The highest BCUT2D eigenvalue weighted by Gasteiger charge is 2.45. The van der Waals surface area contributed by atoms with Crippen LogP contribution in [0.5, 0.6) is 17.2 Å². The number of carbonyl (C=O) groups excluding carboxylic acids is 2. The van der Waals surface area contributed by atoms with Crippen LogP contribution in [0.15, 0.2) is 48.0 Å². The van der Waals surface area contributed by atoms with Gasteiger partial charge in [-0.1, -0.05) is 19.1 Å². The van der Waals surface area contributed by atoms with Crippen LogP contribution in [0.3, 0.4) is 0 Å². The van der Waals surface area contributed by atoms with E-state index >= 15 is 0 Å². The summed E-state index contributed by atoms with van der Waals surface area (Å²) in [5.41, 5.74) is 1.19. The van der Waals surface area contributed by atoms with Crippen molar-refractivity contribution in [2.45, 2.75) is 19.4 Å². The van der Waals surface area contributed by atoms with Crippen molar-refractivity contribution in [1.29, 1.82) is 0 Å². The van der Waals surface area contributed by atoms with Crippen LogP contribution in [-0.2, 0) is 9.59 Å². The largest absolute Gasteiger partial charge is 0.507 e. The molecule has 1 amide bonds. The summed E-state index contributed by atoms with van der Waals surface area (Å²) in [4.78, 5) is 27.2. The predicted octanol–water partition coefficient (Wildman–Crippen LogP) is 3.30. The average molecular weight is 409 g/mol. The van der Waals surface area contributed by atoms with E-state index in [1.54, 1.807) is 49.6 Å². The molecule has 4 rings (SSSR count). The maximum atomic E-state index is 12.9. The van der Waals surface area contributed by atoms with Crippen molar-refractivity contribution in [3.05, 3.63) is 59.2 Å². The van der Waals surface area contributed by atoms with E-state index in [-0.39, 0.29) is 11.3 Å². The number of amides is 1. The van der Waals surface area contributed by atoms with Gasteiger partial charge in [-0.2, -0.15) is 0 Å². The average Bonchev–Trinajstić information content (AvgIpc) is 3.03. The van der Waals surface area contributed by atoms with Crippen LogP contribution < -0.4 is 14.2 Å². The number of rotatable bonds is 5. The van der Waals surface area contributed by atoms with Crippen molar-refractivity contribution in [1.82, 2.24) is 4.90 Å². The van der Waals surface area contributed by atoms with Gasteiger partial charge < -0.3 is 24.2 Å². The van der Waals surface area contributed by atoms with Crippen LogP contribution in [0.2, 0.25) is 0 Å². The number of aliphatic hydroxyl groups excluding tert-OH is 1. The molecule has 156 valence electrons. The normalized spacial score (nSPS) is 19.8. The summed E-state index contributed by atoms with van der Waals surface area (Å²) >= 11 is 0. The topological polar surface area (TPSA) is 85.3 Å². The van der Waals surface area contributed by atoms with Gasteiger partial charge in [0.1, 0.15) is 24.7 Å². The summed E-state index contributed by atoms with van der Waals surface area (Å²) in [7, 11) is 1.57. The van der Waals surface area contributed by atoms with Crippen molar-refractivity contribution < 1.29 is 28.9 Å². The minimum absolute atomic E-state index is 0.0651. The number of Topliss-reactive ketones (excluding diaryl/α,β-unsaturated/α-hetero) is 1. The number of carbonyl (C=O) groups is 2. The molecular weight excluding hydrogens is 386 g/mol. The number of ether oxygens (including phenoxy) is 3. The number of hydrogen-bond donors (Lipinski definition) is 1. The minimum atomic E-state index is -0.698. The third kappa shape index (κ3) is 3.36. The zero-order valence-electron chi connectivity index (χ0n) is 16.9. The van der Waals surface area contributed by atoms with E-state index in [9.17, 15) is 14.7 Å². The van der Waals surface area contributed by atoms with Crippen LogP contribution in [0.4, 0.5) is 0 Å². The maximum Gasteiger partial charge on any atom is 0.295 e. The second-order valence-corrected chi connectivity index (χ2v) is 7.12. The Labute approximate surface area is 174 Å². The lowest BCUT2D eigenvalue weighted by molar-refractivity contribution is -0.139. The molecule has 1 N–H and O–H groups in total. The molecule has 0 aromatic heterocycles. The molecule has 1 atom stereocenters. The fourth-order valence-corrected chi connectivity index (χ4v) is 3.83. The van der Waals surface area contributed by atoms with Gasteiger partial charge in [0.25, 0.3) is 11.7 Å². The van der Waals surface area contributed by atoms with Gasteiger partial charge in [0, 0.05) is 12.1 Å². The fourth-order valence-electron chi connectivity index (χ4n) is 3.83. The Morgan fingerprint density at radius 3 is 2.47 bits per heavy atom. The Kier molecular flexibility index (Phi) is 5.35. The van der Waals surface area contributed by atoms with Gasteiger partial charge in [0.05, 0.1) is 18.7 Å². The lowest BCUT2D eigenvalue weighted by Crippen LogP contribution is -2.30. The molecule has 0 spiro atoms. The summed E-state index contributed by atoms with van der Waals surface area (Å²) < 4.78 is 16.3. The molecule has 2 heterocycles. The molecule has 7 nitrogen and oxygen atoms in total. The Hall–Kier alpha value is -3.48. The van der Waals surface area contributed by atoms with Crippen LogP contribution in [-0.4, -0.2) is 48.6 Å². The molecular formula is C23H23NO6. The van der Waals surface area contributed by atoms with E-state index in [1.165, 1.54) is 4.90 Å².